The fraction of sp³-hybridized carbons (Fsp3) is 0. The van der Waals surface area contributed by atoms with Gasteiger partial charge in [-0.25, -0.2) is 32.6 Å². The van der Waals surface area contributed by atoms with Gasteiger partial charge in [0.2, 0.25) is 0 Å². The van der Waals surface area contributed by atoms with Crippen molar-refractivity contribution in [3.8, 4) is 116 Å². The van der Waals surface area contributed by atoms with Crippen molar-refractivity contribution in [3.63, 3.8) is 0 Å². The molecule has 6 aromatic carbocycles. The van der Waals surface area contributed by atoms with Crippen LogP contribution in [-0.4, -0.2) is 29.9 Å². The third-order valence-electron chi connectivity index (χ3n) is 11.6. The smallest absolute Gasteiger partial charge is 0.365 e. The molecule has 77 heavy (non-hydrogen) atoms. The van der Waals surface area contributed by atoms with Crippen molar-refractivity contribution >= 4 is 67.1 Å². The van der Waals surface area contributed by atoms with E-state index in [4.69, 9.17) is 68.4 Å². The summed E-state index contributed by atoms with van der Waals surface area (Å²) in [6.45, 7) is 0. The number of aromatic nitrogens is 6. The zero-order chi connectivity index (χ0) is 51.7. The summed E-state index contributed by atoms with van der Waals surface area (Å²) in [6.07, 6.45) is 41.3. The Labute approximate surface area is 487 Å². The van der Waals surface area contributed by atoms with E-state index in [1.165, 1.54) is 34.0 Å². The molecular weight excluding hydrogens is 1360 g/mol. The predicted molar refractivity (Wildman–Crippen MR) is 306 cm³/mol. The fourth-order valence-corrected chi connectivity index (χ4v) is 10.5. The average molecular weight is 1400 g/mol. The van der Waals surface area contributed by atoms with E-state index in [2.05, 4.69) is 35.5 Å². The van der Waals surface area contributed by atoms with Crippen LogP contribution >= 0.6 is 34.0 Å². The molecule has 6 heterocycles. The maximum Gasteiger partial charge on any atom is 2.00 e. The van der Waals surface area contributed by atoms with Crippen LogP contribution in [-0.2, 0) is 42.1 Å². The molecule has 0 unspecified atom stereocenters. The minimum absolute atomic E-state index is 0. The van der Waals surface area contributed by atoms with Crippen LogP contribution in [0.5, 0.6) is 0 Å². The van der Waals surface area contributed by atoms with Crippen LogP contribution in [0.4, 0.5) is 0 Å². The fourth-order valence-electron chi connectivity index (χ4n) is 8.17. The van der Waals surface area contributed by atoms with Crippen molar-refractivity contribution in [1.82, 2.24) is 29.9 Å². The number of hydrogen-bond donors (Lipinski definition) is 0. The molecule has 0 saturated heterocycles. The van der Waals surface area contributed by atoms with Gasteiger partial charge in [-0.2, -0.15) is 0 Å². The molecule has 11 heteroatoms. The molecule has 0 amide bonds. The molecule has 0 spiro atoms. The molecule has 0 N–H and O–H groups in total. The topological polar surface area (TPSA) is 77.3 Å². The van der Waals surface area contributed by atoms with E-state index in [0.717, 1.165) is 67.5 Å². The van der Waals surface area contributed by atoms with Gasteiger partial charge >= 0.3 is 42.1 Å². The molecule has 0 radical (unpaired) electrons. The Balaban J connectivity index is 0.000000151. The van der Waals surface area contributed by atoms with Crippen LogP contribution in [0.1, 0.15) is 29.3 Å². The first-order chi connectivity index (χ1) is 36.9. The van der Waals surface area contributed by atoms with Gasteiger partial charge in [-0.1, -0.05) is 204 Å². The van der Waals surface area contributed by atoms with Crippen molar-refractivity contribution in [2.24, 2.45) is 0 Å². The van der Waals surface area contributed by atoms with Crippen molar-refractivity contribution in [2.45, 2.75) is 0 Å². The summed E-state index contributed by atoms with van der Waals surface area (Å²) in [5, 5.41) is 0. The first-order valence-electron chi connectivity index (χ1n) is 22.9. The first-order valence-corrected chi connectivity index (χ1v) is 25.4. The number of nitrogens with zero attached hydrogens (tertiary/aromatic N) is 6. The zero-order valence-electron chi connectivity index (χ0n) is 40.0. The molecule has 0 atom stereocenters. The normalized spacial score (nSPS) is 10.1. The van der Waals surface area contributed by atoms with Gasteiger partial charge in [0.15, 0.2) is 0 Å². The summed E-state index contributed by atoms with van der Waals surface area (Å²) >= 11 is 3.90. The Morgan fingerprint density at radius 1 is 0.260 bits per heavy atom. The Hall–Kier alpha value is -8.82. The van der Waals surface area contributed by atoms with Crippen molar-refractivity contribution in [2.75, 3.05) is 0 Å². The van der Waals surface area contributed by atoms with E-state index in [9.17, 15) is 0 Å². The molecule has 0 aliphatic heterocycles. The zero-order valence-corrected chi connectivity index (χ0v) is 47.0. The van der Waals surface area contributed by atoms with Crippen molar-refractivity contribution in [3.05, 3.63) is 237 Å². The van der Waals surface area contributed by atoms with Gasteiger partial charge in [0, 0.05) is 55.4 Å². The van der Waals surface area contributed by atoms with E-state index in [1.807, 2.05) is 182 Å². The third kappa shape index (κ3) is 11.3. The first kappa shape index (κ1) is 54.4. The monoisotopic (exact) mass is 1390 g/mol. The quantitative estimate of drug-likeness (QED) is 0.122. The second-order valence-corrected chi connectivity index (χ2v) is 19.2. The van der Waals surface area contributed by atoms with E-state index < -0.39 is 0 Å². The Morgan fingerprint density at radius 3 is 0.571 bits per heavy atom. The number of hydrogen-bond acceptors (Lipinski definition) is 9. The van der Waals surface area contributed by atoms with Crippen LogP contribution in [0.25, 0.3) is 101 Å². The van der Waals surface area contributed by atoms with E-state index >= 15 is 0 Å². The van der Waals surface area contributed by atoms with Gasteiger partial charge in [-0.05, 0) is 9.75 Å². The Kier molecular flexibility index (Phi) is 17.8. The van der Waals surface area contributed by atoms with E-state index in [-0.39, 0.29) is 42.1 Å². The standard InChI is InChI=1S/2C22H11N2S.C22H10N2S.2Pt/c3*1-3-17-21-22(18(4-2)25-17)24-20(16-13-9-6-10-14-16)19(23-21)15-11-7-5-8-12-15;;/h2*1,5-14H;5-14H;;/q2*-1;-2;2*+2. The molecule has 0 fully saturated rings. The molecule has 12 aromatic rings. The van der Waals surface area contributed by atoms with Gasteiger partial charge in [-0.15, -0.1) is 12.8 Å². The number of fused-ring (bicyclic) bond motifs is 3. The van der Waals surface area contributed by atoms with Gasteiger partial charge in [0.25, 0.3) is 0 Å². The number of benzene rings is 6. The van der Waals surface area contributed by atoms with Crippen LogP contribution in [0, 0.1) is 74.1 Å². The summed E-state index contributed by atoms with van der Waals surface area (Å²) < 4.78 is 0. The predicted octanol–water partition coefficient (Wildman–Crippen LogP) is 14.8. The van der Waals surface area contributed by atoms with Crippen molar-refractivity contribution < 1.29 is 42.1 Å². The van der Waals surface area contributed by atoms with Crippen LogP contribution in [0.15, 0.2) is 182 Å². The van der Waals surface area contributed by atoms with Crippen LogP contribution < -0.4 is 0 Å². The maximum absolute atomic E-state index is 7.53. The number of thiophene rings is 3. The summed E-state index contributed by atoms with van der Waals surface area (Å²) in [5.41, 5.74) is 14.2. The maximum atomic E-state index is 7.53. The molecule has 6 nitrogen and oxygen atoms in total. The SMILES string of the molecule is [C-]#Cc1sc(C#C)c2nc(-c3ccccc3)c(-c3ccccc3)nc12.[C-]#Cc1sc(C#C)c2nc(-c3ccccc3)c(-c3ccccc3)nc12.[C-]#Cc1sc(C#[C-])c2nc(-c3ccccc3)c(-c3ccccc3)nc12.[Pt+2].[Pt+2]. The molecule has 6 aromatic heterocycles. The number of rotatable bonds is 6. The molecule has 12 rings (SSSR count). The summed E-state index contributed by atoms with van der Waals surface area (Å²) in [5.74, 6) is 15.0. The Bertz CT molecular complexity index is 3620. The molecular formula is C66H32N6Pt2S3. The van der Waals surface area contributed by atoms with Gasteiger partial charge < -0.3 is 37.0 Å². The molecule has 0 aliphatic rings. The second kappa shape index (κ2) is 25.1. The molecule has 0 aliphatic carbocycles. The summed E-state index contributed by atoms with van der Waals surface area (Å²) in [4.78, 5) is 32.6. The molecule has 0 bridgehead atoms. The van der Waals surface area contributed by atoms with Gasteiger partial charge in [-0.3, -0.25) is 43.6 Å². The Morgan fingerprint density at radius 2 is 0.416 bits per heavy atom. The minimum Gasteiger partial charge on any atom is -0.365 e. The van der Waals surface area contributed by atoms with Crippen LogP contribution in [0.3, 0.4) is 0 Å². The van der Waals surface area contributed by atoms with E-state index in [0.29, 0.717) is 62.4 Å². The number of terminal acetylenes is 2. The van der Waals surface area contributed by atoms with Crippen LogP contribution in [0.2, 0.25) is 0 Å². The molecule has 364 valence electrons. The average Bonchev–Trinajstić information content (AvgIpc) is 4.19. The minimum atomic E-state index is 0. The van der Waals surface area contributed by atoms with Crippen molar-refractivity contribution in [1.29, 1.82) is 0 Å². The molecule has 0 saturated carbocycles. The summed E-state index contributed by atoms with van der Waals surface area (Å²) in [7, 11) is 0. The second-order valence-electron chi connectivity index (χ2n) is 16.1. The third-order valence-corrected chi connectivity index (χ3v) is 14.6. The largest absolute Gasteiger partial charge is 2.00 e. The summed E-state index contributed by atoms with van der Waals surface area (Å²) in [6, 6.07) is 59.4. The van der Waals surface area contributed by atoms with E-state index in [1.54, 1.807) is 0 Å². The van der Waals surface area contributed by atoms with Gasteiger partial charge in [0.05, 0.1) is 55.0 Å². The van der Waals surface area contributed by atoms with Gasteiger partial charge in [0.1, 0.15) is 0 Å².